The van der Waals surface area contributed by atoms with Crippen LogP contribution in [0.3, 0.4) is 0 Å². The van der Waals surface area contributed by atoms with Crippen LogP contribution in [0.4, 0.5) is 8.78 Å². The lowest BCUT2D eigenvalue weighted by Gasteiger charge is -2.11. The summed E-state index contributed by atoms with van der Waals surface area (Å²) in [7, 11) is 0. The van der Waals surface area contributed by atoms with Crippen molar-refractivity contribution in [2.45, 2.75) is 6.92 Å². The van der Waals surface area contributed by atoms with Gasteiger partial charge in [0.15, 0.2) is 11.6 Å². The minimum Gasteiger partial charge on any atom is -0.490 e. The Morgan fingerprint density at radius 2 is 2.14 bits per heavy atom. The summed E-state index contributed by atoms with van der Waals surface area (Å²) in [5, 5.41) is 0. The molecule has 1 atom stereocenters. The van der Waals surface area contributed by atoms with E-state index in [1.165, 1.54) is 12.1 Å². The molecule has 0 aromatic heterocycles. The largest absolute Gasteiger partial charge is 0.490 e. The Bertz CT molecular complexity index is 304. The molecule has 0 amide bonds. The predicted molar refractivity (Wildman–Crippen MR) is 54.9 cm³/mol. The van der Waals surface area contributed by atoms with Crippen LogP contribution in [0.25, 0.3) is 0 Å². The molecule has 1 aromatic carbocycles. The second-order valence-electron chi connectivity index (χ2n) is 3.15. The van der Waals surface area contributed by atoms with Crippen molar-refractivity contribution in [1.82, 2.24) is 0 Å². The molecule has 1 nitrogen and oxygen atoms in total. The Balaban J connectivity index is 2.63. The van der Waals surface area contributed by atoms with Gasteiger partial charge in [0, 0.05) is 0 Å². The molecule has 0 fully saturated rings. The first-order valence-corrected chi connectivity index (χ1v) is 4.96. The number of hydrogen-bond donors (Lipinski definition) is 1. The molecule has 0 saturated heterocycles. The van der Waals surface area contributed by atoms with Gasteiger partial charge in [-0.1, -0.05) is 13.0 Å². The highest BCUT2D eigenvalue weighted by atomic mass is 32.1. The molecular formula is C10H12F2OS. The predicted octanol–water partition coefficient (Wildman–Crippen LogP) is 2.91. The topological polar surface area (TPSA) is 9.23 Å². The van der Waals surface area contributed by atoms with Crippen molar-refractivity contribution in [3.8, 4) is 5.75 Å². The lowest BCUT2D eigenvalue weighted by atomic mass is 10.2. The molecule has 0 N–H and O–H groups in total. The molecule has 1 unspecified atom stereocenters. The average molecular weight is 218 g/mol. The number of thiol groups is 1. The second kappa shape index (κ2) is 5.20. The minimum atomic E-state index is -0.932. The van der Waals surface area contributed by atoms with E-state index in [2.05, 4.69) is 12.6 Å². The monoisotopic (exact) mass is 218 g/mol. The van der Waals surface area contributed by atoms with E-state index in [0.29, 0.717) is 12.4 Å². The zero-order valence-electron chi connectivity index (χ0n) is 7.84. The summed E-state index contributed by atoms with van der Waals surface area (Å²) in [6.07, 6.45) is 0. The van der Waals surface area contributed by atoms with Crippen LogP contribution in [0.1, 0.15) is 6.92 Å². The summed E-state index contributed by atoms with van der Waals surface area (Å²) in [4.78, 5) is 0. The van der Waals surface area contributed by atoms with Gasteiger partial charge >= 0.3 is 0 Å². The van der Waals surface area contributed by atoms with Gasteiger partial charge in [-0.25, -0.2) is 4.39 Å². The summed E-state index contributed by atoms with van der Waals surface area (Å²) in [5.41, 5.74) is 0. The van der Waals surface area contributed by atoms with Gasteiger partial charge in [-0.2, -0.15) is 17.0 Å². The standard InChI is InChI=1S/C10H12F2OS/c1-7(6-14)5-13-9-4-2-3-8(11)10(9)12/h2-4,7,14H,5-6H2,1H3. The van der Waals surface area contributed by atoms with Gasteiger partial charge in [-0.05, 0) is 23.8 Å². The third kappa shape index (κ3) is 2.87. The molecule has 0 radical (unpaired) electrons. The SMILES string of the molecule is CC(CS)COc1cccc(F)c1F. The Labute approximate surface area is 87.5 Å². The second-order valence-corrected chi connectivity index (χ2v) is 3.52. The Kier molecular flexibility index (Phi) is 4.20. The summed E-state index contributed by atoms with van der Waals surface area (Å²) in [5.74, 6) is -1.00. The lowest BCUT2D eigenvalue weighted by Crippen LogP contribution is -2.10. The molecule has 0 aliphatic rings. The van der Waals surface area contributed by atoms with Gasteiger partial charge in [0.25, 0.3) is 0 Å². The Morgan fingerprint density at radius 3 is 2.79 bits per heavy atom. The Hall–Kier alpha value is -0.770. The summed E-state index contributed by atoms with van der Waals surface area (Å²) in [6, 6.07) is 3.88. The summed E-state index contributed by atoms with van der Waals surface area (Å²) >= 11 is 4.06. The molecule has 0 aliphatic carbocycles. The minimum absolute atomic E-state index is 0.0429. The normalized spacial score (nSPS) is 12.6. The van der Waals surface area contributed by atoms with E-state index in [-0.39, 0.29) is 11.7 Å². The molecule has 0 bridgehead atoms. The molecule has 0 aliphatic heterocycles. The number of halogens is 2. The van der Waals surface area contributed by atoms with E-state index in [4.69, 9.17) is 4.74 Å². The number of rotatable bonds is 4. The van der Waals surface area contributed by atoms with E-state index in [9.17, 15) is 8.78 Å². The maximum Gasteiger partial charge on any atom is 0.200 e. The molecule has 1 aromatic rings. The van der Waals surface area contributed by atoms with E-state index < -0.39 is 11.6 Å². The van der Waals surface area contributed by atoms with Crippen LogP contribution in [-0.4, -0.2) is 12.4 Å². The number of hydrogen-bond acceptors (Lipinski definition) is 2. The van der Waals surface area contributed by atoms with Crippen LogP contribution in [-0.2, 0) is 0 Å². The van der Waals surface area contributed by atoms with Gasteiger partial charge in [0.2, 0.25) is 5.82 Å². The van der Waals surface area contributed by atoms with Crippen LogP contribution in [0.15, 0.2) is 18.2 Å². The van der Waals surface area contributed by atoms with E-state index in [0.717, 1.165) is 6.07 Å². The number of benzene rings is 1. The van der Waals surface area contributed by atoms with Gasteiger partial charge < -0.3 is 4.74 Å². The maximum absolute atomic E-state index is 13.0. The molecular weight excluding hydrogens is 206 g/mol. The number of ether oxygens (including phenoxy) is 1. The molecule has 14 heavy (non-hydrogen) atoms. The van der Waals surface area contributed by atoms with Crippen LogP contribution < -0.4 is 4.74 Å². The summed E-state index contributed by atoms with van der Waals surface area (Å²) in [6.45, 7) is 2.26. The van der Waals surface area contributed by atoms with Crippen molar-refractivity contribution >= 4 is 12.6 Å². The van der Waals surface area contributed by atoms with Gasteiger partial charge in [0.1, 0.15) is 0 Å². The first kappa shape index (κ1) is 11.3. The zero-order valence-corrected chi connectivity index (χ0v) is 8.73. The van der Waals surface area contributed by atoms with E-state index >= 15 is 0 Å². The van der Waals surface area contributed by atoms with Crippen molar-refractivity contribution in [2.75, 3.05) is 12.4 Å². The smallest absolute Gasteiger partial charge is 0.200 e. The highest BCUT2D eigenvalue weighted by molar-refractivity contribution is 7.80. The molecule has 0 spiro atoms. The Morgan fingerprint density at radius 1 is 1.43 bits per heavy atom. The first-order chi connectivity index (χ1) is 6.65. The third-order valence-corrected chi connectivity index (χ3v) is 2.37. The van der Waals surface area contributed by atoms with Crippen molar-refractivity contribution in [1.29, 1.82) is 0 Å². The third-order valence-electron chi connectivity index (χ3n) is 1.75. The van der Waals surface area contributed by atoms with E-state index in [1.807, 2.05) is 6.92 Å². The van der Waals surface area contributed by atoms with Crippen molar-refractivity contribution in [3.63, 3.8) is 0 Å². The first-order valence-electron chi connectivity index (χ1n) is 4.32. The van der Waals surface area contributed by atoms with E-state index in [1.54, 1.807) is 0 Å². The zero-order chi connectivity index (χ0) is 10.6. The van der Waals surface area contributed by atoms with Crippen LogP contribution in [0.2, 0.25) is 0 Å². The quantitative estimate of drug-likeness (QED) is 0.764. The fourth-order valence-corrected chi connectivity index (χ4v) is 0.986. The molecule has 78 valence electrons. The molecule has 4 heteroatoms. The average Bonchev–Trinajstić information content (AvgIpc) is 2.20. The van der Waals surface area contributed by atoms with Crippen LogP contribution >= 0.6 is 12.6 Å². The van der Waals surface area contributed by atoms with Crippen molar-refractivity contribution in [2.24, 2.45) is 5.92 Å². The van der Waals surface area contributed by atoms with Gasteiger partial charge in [-0.15, -0.1) is 0 Å². The van der Waals surface area contributed by atoms with Gasteiger partial charge in [-0.3, -0.25) is 0 Å². The highest BCUT2D eigenvalue weighted by Crippen LogP contribution is 2.19. The fourth-order valence-electron chi connectivity index (χ4n) is 0.880. The molecule has 1 rings (SSSR count). The summed E-state index contributed by atoms with van der Waals surface area (Å²) < 4.78 is 30.9. The fraction of sp³-hybridized carbons (Fsp3) is 0.400. The lowest BCUT2D eigenvalue weighted by molar-refractivity contribution is 0.258. The van der Waals surface area contributed by atoms with Crippen molar-refractivity contribution in [3.05, 3.63) is 29.8 Å². The maximum atomic E-state index is 13.0. The van der Waals surface area contributed by atoms with Crippen LogP contribution in [0, 0.1) is 17.6 Å². The van der Waals surface area contributed by atoms with Gasteiger partial charge in [0.05, 0.1) is 6.61 Å². The van der Waals surface area contributed by atoms with Crippen molar-refractivity contribution < 1.29 is 13.5 Å². The van der Waals surface area contributed by atoms with Crippen LogP contribution in [0.5, 0.6) is 5.75 Å². The molecule has 0 heterocycles. The molecule has 0 saturated carbocycles. The highest BCUT2D eigenvalue weighted by Gasteiger charge is 2.09.